The van der Waals surface area contributed by atoms with E-state index in [1.165, 1.54) is 12.1 Å². The highest BCUT2D eigenvalue weighted by atomic mass is 35.5. The van der Waals surface area contributed by atoms with Crippen LogP contribution in [0.5, 0.6) is 0 Å². The van der Waals surface area contributed by atoms with Gasteiger partial charge in [0.15, 0.2) is 0 Å². The predicted octanol–water partition coefficient (Wildman–Crippen LogP) is 7.00. The summed E-state index contributed by atoms with van der Waals surface area (Å²) in [5.41, 5.74) is 0.220. The van der Waals surface area contributed by atoms with E-state index in [1.54, 1.807) is 42.5 Å². The number of nitrogens with zero attached hydrogens (tertiary/aromatic N) is 2. The predicted molar refractivity (Wildman–Crippen MR) is 108 cm³/mol. The molecule has 1 unspecified atom stereocenters. The van der Waals surface area contributed by atoms with Gasteiger partial charge in [-0.1, -0.05) is 41.4 Å². The third-order valence-corrected chi connectivity index (χ3v) is 6.46. The van der Waals surface area contributed by atoms with Crippen molar-refractivity contribution in [3.05, 3.63) is 82.4 Å². The molecule has 8 heteroatoms. The first kappa shape index (κ1) is 21.1. The molecule has 0 spiro atoms. The smallest absolute Gasteiger partial charge is 0.336 e. The second kappa shape index (κ2) is 9.25. The monoisotopic (exact) mass is 444 g/mol. The number of aromatic nitrogens is 2. The lowest BCUT2D eigenvalue weighted by Gasteiger charge is -2.19. The average molecular weight is 445 g/mol. The van der Waals surface area contributed by atoms with E-state index >= 15 is 0 Å². The zero-order valence-corrected chi connectivity index (χ0v) is 17.0. The molecule has 28 heavy (non-hydrogen) atoms. The number of alkyl halides is 3. The van der Waals surface area contributed by atoms with Gasteiger partial charge in [0.1, 0.15) is 0 Å². The summed E-state index contributed by atoms with van der Waals surface area (Å²) in [6, 6.07) is 10.7. The SMILES string of the molecule is FC(F)(F)c1ccc(CCC(Cn2ccnc2)Sc2c(Cl)cccc2Cl)cc1. The van der Waals surface area contributed by atoms with Crippen LogP contribution in [0.4, 0.5) is 13.2 Å². The third-order valence-electron chi connectivity index (χ3n) is 4.21. The molecule has 3 aromatic rings. The topological polar surface area (TPSA) is 17.8 Å². The van der Waals surface area contributed by atoms with E-state index in [9.17, 15) is 13.2 Å². The van der Waals surface area contributed by atoms with E-state index in [0.29, 0.717) is 23.0 Å². The maximum Gasteiger partial charge on any atom is 0.416 e. The van der Waals surface area contributed by atoms with Gasteiger partial charge in [0.2, 0.25) is 0 Å². The van der Waals surface area contributed by atoms with E-state index in [2.05, 4.69) is 4.98 Å². The Morgan fingerprint density at radius 1 is 1.04 bits per heavy atom. The van der Waals surface area contributed by atoms with Crippen LogP contribution in [0.1, 0.15) is 17.5 Å². The Balaban J connectivity index is 1.72. The van der Waals surface area contributed by atoms with Crippen LogP contribution < -0.4 is 0 Å². The third kappa shape index (κ3) is 5.69. The summed E-state index contributed by atoms with van der Waals surface area (Å²) in [5, 5.41) is 1.29. The fourth-order valence-electron chi connectivity index (χ4n) is 2.77. The number of benzene rings is 2. The molecule has 1 atom stereocenters. The Morgan fingerprint density at radius 2 is 1.71 bits per heavy atom. The summed E-state index contributed by atoms with van der Waals surface area (Å²) in [4.78, 5) is 4.87. The summed E-state index contributed by atoms with van der Waals surface area (Å²) >= 11 is 14.2. The molecule has 2 nitrogen and oxygen atoms in total. The second-order valence-corrected chi connectivity index (χ2v) is 8.41. The van der Waals surface area contributed by atoms with E-state index in [-0.39, 0.29) is 5.25 Å². The molecule has 2 aromatic carbocycles. The quantitative estimate of drug-likeness (QED) is 0.365. The van der Waals surface area contributed by atoms with Gasteiger partial charge in [-0.15, -0.1) is 11.8 Å². The van der Waals surface area contributed by atoms with Crippen molar-refractivity contribution in [2.24, 2.45) is 0 Å². The van der Waals surface area contributed by atoms with E-state index in [4.69, 9.17) is 23.2 Å². The first-order valence-electron chi connectivity index (χ1n) is 8.55. The summed E-state index contributed by atoms with van der Waals surface area (Å²) in [7, 11) is 0. The summed E-state index contributed by atoms with van der Waals surface area (Å²) < 4.78 is 40.1. The van der Waals surface area contributed by atoms with Crippen molar-refractivity contribution in [2.75, 3.05) is 0 Å². The van der Waals surface area contributed by atoms with Gasteiger partial charge in [-0.25, -0.2) is 4.98 Å². The number of rotatable bonds is 7. The van der Waals surface area contributed by atoms with Crippen LogP contribution in [0.3, 0.4) is 0 Å². The average Bonchev–Trinajstić information content (AvgIpc) is 3.15. The molecule has 3 rings (SSSR count). The molecule has 0 fully saturated rings. The minimum absolute atomic E-state index is 0.119. The number of hydrogen-bond donors (Lipinski definition) is 0. The normalized spacial score (nSPS) is 12.9. The molecule has 0 saturated carbocycles. The van der Waals surface area contributed by atoms with Crippen LogP contribution >= 0.6 is 35.0 Å². The second-order valence-electron chi connectivity index (χ2n) is 6.28. The number of thioether (sulfide) groups is 1. The lowest BCUT2D eigenvalue weighted by molar-refractivity contribution is -0.137. The van der Waals surface area contributed by atoms with Gasteiger partial charge in [-0.2, -0.15) is 13.2 Å². The lowest BCUT2D eigenvalue weighted by atomic mass is 10.1. The molecule has 0 aliphatic rings. The van der Waals surface area contributed by atoms with Crippen molar-refractivity contribution in [1.29, 1.82) is 0 Å². The molecule has 148 valence electrons. The number of aryl methyl sites for hydroxylation is 1. The van der Waals surface area contributed by atoms with Crippen LogP contribution in [-0.2, 0) is 19.1 Å². The molecular formula is C20H17Cl2F3N2S. The fraction of sp³-hybridized carbons (Fsp3) is 0.250. The molecule has 0 amide bonds. The lowest BCUT2D eigenvalue weighted by Crippen LogP contribution is -2.13. The molecule has 1 aromatic heterocycles. The molecule has 0 N–H and O–H groups in total. The maximum atomic E-state index is 12.7. The van der Waals surface area contributed by atoms with Crippen LogP contribution in [0.25, 0.3) is 0 Å². The maximum absolute atomic E-state index is 12.7. The molecule has 0 bridgehead atoms. The van der Waals surface area contributed by atoms with Gasteiger partial charge >= 0.3 is 6.18 Å². The minimum Gasteiger partial charge on any atom is -0.336 e. The zero-order chi connectivity index (χ0) is 20.1. The van der Waals surface area contributed by atoms with Crippen molar-refractivity contribution in [1.82, 2.24) is 9.55 Å². The highest BCUT2D eigenvalue weighted by Gasteiger charge is 2.29. The largest absolute Gasteiger partial charge is 0.416 e. The Bertz CT molecular complexity index is 877. The molecule has 0 aliphatic carbocycles. The summed E-state index contributed by atoms with van der Waals surface area (Å²) in [6.45, 7) is 0.687. The van der Waals surface area contributed by atoms with Crippen LogP contribution in [0.2, 0.25) is 10.0 Å². The van der Waals surface area contributed by atoms with Crippen molar-refractivity contribution in [3.63, 3.8) is 0 Å². The zero-order valence-electron chi connectivity index (χ0n) is 14.7. The number of hydrogen-bond acceptors (Lipinski definition) is 2. The Kier molecular flexibility index (Phi) is 6.96. The molecule has 0 radical (unpaired) electrons. The number of halogens is 5. The molecular weight excluding hydrogens is 428 g/mol. The van der Waals surface area contributed by atoms with Gasteiger partial charge in [-0.3, -0.25) is 0 Å². The Hall–Kier alpha value is -1.63. The van der Waals surface area contributed by atoms with Gasteiger partial charge in [-0.05, 0) is 42.7 Å². The van der Waals surface area contributed by atoms with Gasteiger partial charge < -0.3 is 4.57 Å². The highest BCUT2D eigenvalue weighted by Crippen LogP contribution is 2.38. The molecule has 0 aliphatic heterocycles. The first-order chi connectivity index (χ1) is 13.3. The van der Waals surface area contributed by atoms with E-state index in [1.807, 2.05) is 10.8 Å². The van der Waals surface area contributed by atoms with Gasteiger partial charge in [0.05, 0.1) is 21.9 Å². The number of imidazole rings is 1. The first-order valence-corrected chi connectivity index (χ1v) is 10.2. The fourth-order valence-corrected chi connectivity index (χ4v) is 4.61. The van der Waals surface area contributed by atoms with Crippen molar-refractivity contribution in [3.8, 4) is 0 Å². The minimum atomic E-state index is -4.32. The standard InChI is InChI=1S/C20H17Cl2F3N2S/c21-17-2-1-3-18(22)19(17)28-16(12-27-11-10-26-13-27)9-6-14-4-7-15(8-5-14)20(23,24)25/h1-5,7-8,10-11,13,16H,6,9,12H2. The molecule has 1 heterocycles. The highest BCUT2D eigenvalue weighted by molar-refractivity contribution is 8.00. The van der Waals surface area contributed by atoms with Crippen LogP contribution in [0.15, 0.2) is 66.1 Å². The van der Waals surface area contributed by atoms with Crippen molar-refractivity contribution >= 4 is 35.0 Å². The summed E-state index contributed by atoms with van der Waals surface area (Å²) in [5.74, 6) is 0. The van der Waals surface area contributed by atoms with Crippen molar-refractivity contribution < 1.29 is 13.2 Å². The van der Waals surface area contributed by atoms with E-state index < -0.39 is 11.7 Å². The van der Waals surface area contributed by atoms with Crippen LogP contribution in [-0.4, -0.2) is 14.8 Å². The Labute approximate surface area is 175 Å². The molecule has 0 saturated heterocycles. The Morgan fingerprint density at radius 3 is 2.29 bits per heavy atom. The van der Waals surface area contributed by atoms with Gasteiger partial charge in [0, 0.05) is 29.1 Å². The van der Waals surface area contributed by atoms with Crippen molar-refractivity contribution in [2.45, 2.75) is 35.7 Å². The van der Waals surface area contributed by atoms with Crippen LogP contribution in [0, 0.1) is 0 Å². The van der Waals surface area contributed by atoms with Gasteiger partial charge in [0.25, 0.3) is 0 Å². The summed E-state index contributed by atoms with van der Waals surface area (Å²) in [6.07, 6.45) is 2.39. The van der Waals surface area contributed by atoms with E-state index in [0.717, 1.165) is 29.0 Å².